The number of benzene rings is 2. The van der Waals surface area contributed by atoms with Crippen molar-refractivity contribution in [3.05, 3.63) is 58.6 Å². The highest BCUT2D eigenvalue weighted by molar-refractivity contribution is 6.31. The molecule has 0 fully saturated rings. The van der Waals surface area contributed by atoms with Crippen LogP contribution in [0.4, 0.5) is 20.2 Å². The van der Waals surface area contributed by atoms with Gasteiger partial charge in [0.15, 0.2) is 5.82 Å². The summed E-state index contributed by atoms with van der Waals surface area (Å²) < 4.78 is 27.0. The smallest absolute Gasteiger partial charge is 0.165 e. The van der Waals surface area contributed by atoms with E-state index < -0.39 is 11.6 Å². The van der Waals surface area contributed by atoms with Crippen LogP contribution in [-0.4, -0.2) is 0 Å². The molecule has 0 saturated heterocycles. The Morgan fingerprint density at radius 2 is 1.72 bits per heavy atom. The summed E-state index contributed by atoms with van der Waals surface area (Å²) in [4.78, 5) is 0. The Balaban J connectivity index is 2.44. The summed E-state index contributed by atoms with van der Waals surface area (Å²) in [5.41, 5.74) is 0.111. The van der Waals surface area contributed by atoms with Crippen molar-refractivity contribution < 1.29 is 8.78 Å². The molecule has 0 radical (unpaired) electrons. The Hall–Kier alpha value is -2.12. The van der Waals surface area contributed by atoms with E-state index >= 15 is 0 Å². The first-order chi connectivity index (χ1) is 8.63. The third kappa shape index (κ3) is 2.27. The summed E-state index contributed by atoms with van der Waals surface area (Å²) >= 11 is 5.63. The molecule has 0 spiro atoms. The molecule has 0 aliphatic heterocycles. The maximum absolute atomic E-state index is 13.7. The zero-order valence-electron chi connectivity index (χ0n) is 9.05. The van der Waals surface area contributed by atoms with Gasteiger partial charge in [0.25, 0.3) is 0 Å². The first kappa shape index (κ1) is 12.3. The quantitative estimate of drug-likeness (QED) is 0.881. The van der Waals surface area contributed by atoms with Crippen LogP contribution in [0.2, 0.25) is 5.02 Å². The molecular weight excluding hydrogens is 258 g/mol. The fourth-order valence-electron chi connectivity index (χ4n) is 1.49. The zero-order valence-corrected chi connectivity index (χ0v) is 9.80. The summed E-state index contributed by atoms with van der Waals surface area (Å²) in [7, 11) is 0. The SMILES string of the molecule is N#Cc1c(F)cccc1Nc1cccc(Cl)c1F. The standard InChI is InChI=1S/C13H7ClF2N2/c14-9-3-1-6-12(13(9)16)18-11-5-2-4-10(15)8(11)7-17/h1-6,18H. The summed E-state index contributed by atoms with van der Waals surface area (Å²) in [6.07, 6.45) is 0. The van der Waals surface area contributed by atoms with Gasteiger partial charge in [-0.25, -0.2) is 8.78 Å². The van der Waals surface area contributed by atoms with Crippen LogP contribution in [0.15, 0.2) is 36.4 Å². The lowest BCUT2D eigenvalue weighted by atomic mass is 10.1. The van der Waals surface area contributed by atoms with E-state index in [9.17, 15) is 8.78 Å². The van der Waals surface area contributed by atoms with Gasteiger partial charge in [-0.2, -0.15) is 5.26 Å². The molecule has 2 nitrogen and oxygen atoms in total. The van der Waals surface area contributed by atoms with Crippen LogP contribution in [0, 0.1) is 23.0 Å². The number of nitrogens with one attached hydrogen (secondary N) is 1. The van der Waals surface area contributed by atoms with Crippen molar-refractivity contribution in [3.63, 3.8) is 0 Å². The van der Waals surface area contributed by atoms with E-state index in [0.717, 1.165) is 6.07 Å². The van der Waals surface area contributed by atoms with Crippen LogP contribution in [0.25, 0.3) is 0 Å². The molecule has 1 N–H and O–H groups in total. The average molecular weight is 265 g/mol. The first-order valence-corrected chi connectivity index (χ1v) is 5.41. The molecule has 18 heavy (non-hydrogen) atoms. The molecule has 0 unspecified atom stereocenters. The van der Waals surface area contributed by atoms with Crippen LogP contribution >= 0.6 is 11.6 Å². The van der Waals surface area contributed by atoms with Gasteiger partial charge in [-0.1, -0.05) is 23.7 Å². The average Bonchev–Trinajstić information content (AvgIpc) is 2.35. The number of nitrogens with zero attached hydrogens (tertiary/aromatic N) is 1. The maximum atomic E-state index is 13.7. The molecule has 0 heterocycles. The topological polar surface area (TPSA) is 35.8 Å². The van der Waals surface area contributed by atoms with Crippen LogP contribution < -0.4 is 5.32 Å². The van der Waals surface area contributed by atoms with Crippen molar-refractivity contribution in [1.82, 2.24) is 0 Å². The van der Waals surface area contributed by atoms with Crippen molar-refractivity contribution >= 4 is 23.0 Å². The van der Waals surface area contributed by atoms with E-state index in [2.05, 4.69) is 5.32 Å². The van der Waals surface area contributed by atoms with Crippen LogP contribution in [-0.2, 0) is 0 Å². The summed E-state index contributed by atoms with van der Waals surface area (Å²) in [6.45, 7) is 0. The fourth-order valence-corrected chi connectivity index (χ4v) is 1.66. The molecule has 0 amide bonds. The molecule has 2 aromatic rings. The second kappa shape index (κ2) is 5.03. The van der Waals surface area contributed by atoms with Crippen LogP contribution in [0.5, 0.6) is 0 Å². The number of rotatable bonds is 2. The van der Waals surface area contributed by atoms with Gasteiger partial charge >= 0.3 is 0 Å². The highest BCUT2D eigenvalue weighted by Gasteiger charge is 2.11. The maximum Gasteiger partial charge on any atom is 0.165 e. The third-order valence-corrected chi connectivity index (χ3v) is 2.64. The monoisotopic (exact) mass is 264 g/mol. The van der Waals surface area contributed by atoms with E-state index in [-0.39, 0.29) is 22.0 Å². The second-order valence-corrected chi connectivity index (χ2v) is 3.91. The van der Waals surface area contributed by atoms with Gasteiger partial charge in [-0.15, -0.1) is 0 Å². The molecule has 0 aromatic heterocycles. The Morgan fingerprint density at radius 3 is 2.44 bits per heavy atom. The molecule has 0 atom stereocenters. The Morgan fingerprint density at radius 1 is 1.06 bits per heavy atom. The normalized spacial score (nSPS) is 9.89. The minimum absolute atomic E-state index is 0.0464. The summed E-state index contributed by atoms with van der Waals surface area (Å²) in [6, 6.07) is 10.2. The molecule has 5 heteroatoms. The lowest BCUT2D eigenvalue weighted by Gasteiger charge is -2.10. The molecule has 0 aliphatic rings. The highest BCUT2D eigenvalue weighted by atomic mass is 35.5. The molecular formula is C13H7ClF2N2. The Kier molecular flexibility index (Phi) is 3.45. The van der Waals surface area contributed by atoms with Crippen molar-refractivity contribution in [2.24, 2.45) is 0 Å². The van der Waals surface area contributed by atoms with Gasteiger partial charge in [0.1, 0.15) is 17.4 Å². The van der Waals surface area contributed by atoms with Crippen molar-refractivity contribution in [3.8, 4) is 6.07 Å². The van der Waals surface area contributed by atoms with Gasteiger partial charge in [0.05, 0.1) is 16.4 Å². The molecule has 90 valence electrons. The summed E-state index contributed by atoms with van der Waals surface area (Å²) in [5, 5.41) is 11.5. The number of nitriles is 1. The van der Waals surface area contributed by atoms with E-state index in [1.807, 2.05) is 0 Å². The molecule has 0 saturated carbocycles. The first-order valence-electron chi connectivity index (χ1n) is 5.03. The van der Waals surface area contributed by atoms with Gasteiger partial charge < -0.3 is 5.32 Å². The molecule has 2 aromatic carbocycles. The van der Waals surface area contributed by atoms with Crippen molar-refractivity contribution in [2.75, 3.05) is 5.32 Å². The number of halogens is 3. The fraction of sp³-hybridized carbons (Fsp3) is 0. The largest absolute Gasteiger partial charge is 0.352 e. The molecule has 0 aliphatic carbocycles. The zero-order chi connectivity index (χ0) is 13.1. The van der Waals surface area contributed by atoms with Crippen LogP contribution in [0.1, 0.15) is 5.56 Å². The van der Waals surface area contributed by atoms with Crippen molar-refractivity contribution in [1.29, 1.82) is 5.26 Å². The number of hydrogen-bond acceptors (Lipinski definition) is 2. The molecule has 0 bridgehead atoms. The minimum atomic E-state index is -0.662. The Bertz CT molecular complexity index is 635. The van der Waals surface area contributed by atoms with Crippen molar-refractivity contribution in [2.45, 2.75) is 0 Å². The lowest BCUT2D eigenvalue weighted by Crippen LogP contribution is -1.98. The van der Waals surface area contributed by atoms with Gasteiger partial charge in [-0.3, -0.25) is 0 Å². The number of anilines is 2. The summed E-state index contributed by atoms with van der Waals surface area (Å²) in [5.74, 6) is -1.31. The number of hydrogen-bond donors (Lipinski definition) is 1. The molecule has 2 rings (SSSR count). The van der Waals surface area contributed by atoms with E-state index in [1.165, 1.54) is 24.3 Å². The predicted octanol–water partition coefficient (Wildman–Crippen LogP) is 4.23. The predicted molar refractivity (Wildman–Crippen MR) is 65.8 cm³/mol. The van der Waals surface area contributed by atoms with E-state index in [1.54, 1.807) is 12.1 Å². The second-order valence-electron chi connectivity index (χ2n) is 3.50. The third-order valence-electron chi connectivity index (χ3n) is 2.35. The lowest BCUT2D eigenvalue weighted by molar-refractivity contribution is 0.623. The van der Waals surface area contributed by atoms with E-state index in [0.29, 0.717) is 0 Å². The van der Waals surface area contributed by atoms with Crippen LogP contribution in [0.3, 0.4) is 0 Å². The van der Waals surface area contributed by atoms with Gasteiger partial charge in [0.2, 0.25) is 0 Å². The van der Waals surface area contributed by atoms with Gasteiger partial charge in [0, 0.05) is 0 Å². The highest BCUT2D eigenvalue weighted by Crippen LogP contribution is 2.27. The van der Waals surface area contributed by atoms with Gasteiger partial charge in [-0.05, 0) is 24.3 Å². The minimum Gasteiger partial charge on any atom is -0.352 e. The Labute approximate surface area is 107 Å². The van der Waals surface area contributed by atoms with E-state index in [4.69, 9.17) is 16.9 Å².